The second-order valence-corrected chi connectivity index (χ2v) is 6.77. The normalized spacial score (nSPS) is 26.3. The molecule has 0 bridgehead atoms. The summed E-state index contributed by atoms with van der Waals surface area (Å²) in [6, 6.07) is 8.57. The largest absolute Gasteiger partial charge is 0.392 e. The second-order valence-electron chi connectivity index (χ2n) is 6.77. The number of aliphatic hydroxyl groups excluding tert-OH is 1. The van der Waals surface area contributed by atoms with E-state index in [0.29, 0.717) is 19.5 Å². The van der Waals surface area contributed by atoms with Crippen LogP contribution in [0.5, 0.6) is 0 Å². The molecule has 0 radical (unpaired) electrons. The zero-order valence-electron chi connectivity index (χ0n) is 13.8. The average Bonchev–Trinajstić information content (AvgIpc) is 3.21. The summed E-state index contributed by atoms with van der Waals surface area (Å²) < 4.78 is 0. The van der Waals surface area contributed by atoms with Crippen molar-refractivity contribution in [1.29, 1.82) is 0 Å². The average molecular weight is 317 g/mol. The molecule has 3 N–H and O–H groups in total. The molecule has 0 aromatic heterocycles. The Kier molecular flexibility index (Phi) is 5.30. The Morgan fingerprint density at radius 2 is 2.04 bits per heavy atom. The molecule has 126 valence electrons. The highest BCUT2D eigenvalue weighted by Crippen LogP contribution is 2.25. The second kappa shape index (κ2) is 7.43. The van der Waals surface area contributed by atoms with Crippen LogP contribution in [0.4, 0.5) is 0 Å². The van der Waals surface area contributed by atoms with Crippen molar-refractivity contribution in [2.24, 2.45) is 0 Å². The van der Waals surface area contributed by atoms with Crippen LogP contribution in [-0.4, -0.2) is 54.2 Å². The molecule has 1 amide bonds. The van der Waals surface area contributed by atoms with Crippen LogP contribution in [0.1, 0.15) is 36.4 Å². The summed E-state index contributed by atoms with van der Waals surface area (Å²) in [6.07, 6.45) is 2.56. The summed E-state index contributed by atoms with van der Waals surface area (Å²) in [5.74, 6) is -0.00198. The molecule has 1 aromatic carbocycles. The highest BCUT2D eigenvalue weighted by molar-refractivity contribution is 5.82. The van der Waals surface area contributed by atoms with Crippen molar-refractivity contribution in [2.75, 3.05) is 26.2 Å². The van der Waals surface area contributed by atoms with Crippen molar-refractivity contribution < 1.29 is 9.90 Å². The third-order valence-electron chi connectivity index (χ3n) is 4.94. The molecule has 3 atom stereocenters. The molecule has 2 saturated heterocycles. The maximum atomic E-state index is 12.3. The number of benzene rings is 1. The minimum atomic E-state index is -0.405. The van der Waals surface area contributed by atoms with Gasteiger partial charge < -0.3 is 15.7 Å². The van der Waals surface area contributed by atoms with Gasteiger partial charge in [-0.2, -0.15) is 0 Å². The monoisotopic (exact) mass is 317 g/mol. The number of nitrogens with zero attached hydrogens (tertiary/aromatic N) is 1. The van der Waals surface area contributed by atoms with Gasteiger partial charge in [-0.05, 0) is 44.8 Å². The molecule has 2 heterocycles. The van der Waals surface area contributed by atoms with E-state index in [9.17, 15) is 9.90 Å². The summed E-state index contributed by atoms with van der Waals surface area (Å²) >= 11 is 0. The number of carbonyl (C=O) groups is 1. The minimum Gasteiger partial charge on any atom is -0.392 e. The SMILES string of the molecule is Cc1ccc(C(CNC(=O)C2CC(O)CN2)N2CCCC2)cc1. The van der Waals surface area contributed by atoms with E-state index in [-0.39, 0.29) is 18.0 Å². The van der Waals surface area contributed by atoms with Crippen molar-refractivity contribution in [3.8, 4) is 0 Å². The fraction of sp³-hybridized carbons (Fsp3) is 0.611. The highest BCUT2D eigenvalue weighted by atomic mass is 16.3. The fourth-order valence-corrected chi connectivity index (χ4v) is 3.54. The van der Waals surface area contributed by atoms with Gasteiger partial charge >= 0.3 is 0 Å². The lowest BCUT2D eigenvalue weighted by Gasteiger charge is -2.28. The standard InChI is InChI=1S/C18H27N3O2/c1-13-4-6-14(7-5-13)17(21-8-2-3-9-21)12-20-18(23)16-10-15(22)11-19-16/h4-7,15-17,19,22H,2-3,8-12H2,1H3,(H,20,23). The van der Waals surface area contributed by atoms with Crippen LogP contribution in [0.15, 0.2) is 24.3 Å². The molecule has 0 spiro atoms. The number of hydrogen-bond acceptors (Lipinski definition) is 4. The van der Waals surface area contributed by atoms with Crippen molar-refractivity contribution in [3.05, 3.63) is 35.4 Å². The first-order chi connectivity index (χ1) is 11.1. The van der Waals surface area contributed by atoms with E-state index in [0.717, 1.165) is 13.1 Å². The maximum absolute atomic E-state index is 12.3. The van der Waals surface area contributed by atoms with Gasteiger partial charge in [0.15, 0.2) is 0 Å². The van der Waals surface area contributed by atoms with Gasteiger partial charge in [0.1, 0.15) is 0 Å². The van der Waals surface area contributed by atoms with Crippen LogP contribution >= 0.6 is 0 Å². The lowest BCUT2D eigenvalue weighted by Crippen LogP contribution is -2.44. The van der Waals surface area contributed by atoms with Crippen LogP contribution in [0, 0.1) is 6.92 Å². The molecule has 2 aliphatic rings. The number of amides is 1. The fourth-order valence-electron chi connectivity index (χ4n) is 3.54. The van der Waals surface area contributed by atoms with E-state index in [1.807, 2.05) is 0 Å². The van der Waals surface area contributed by atoms with E-state index in [2.05, 4.69) is 46.7 Å². The summed E-state index contributed by atoms with van der Waals surface area (Å²) in [5.41, 5.74) is 2.51. The highest BCUT2D eigenvalue weighted by Gasteiger charge is 2.29. The predicted octanol–water partition coefficient (Wildman–Crippen LogP) is 0.971. The van der Waals surface area contributed by atoms with Crippen LogP contribution in [0.25, 0.3) is 0 Å². The third kappa shape index (κ3) is 4.10. The van der Waals surface area contributed by atoms with Gasteiger partial charge in [0.2, 0.25) is 5.91 Å². The molecule has 5 nitrogen and oxygen atoms in total. The summed E-state index contributed by atoms with van der Waals surface area (Å²) in [6.45, 7) is 5.40. The smallest absolute Gasteiger partial charge is 0.237 e. The van der Waals surface area contributed by atoms with Crippen molar-refractivity contribution >= 4 is 5.91 Å². The molecular formula is C18H27N3O2. The Morgan fingerprint density at radius 1 is 1.35 bits per heavy atom. The molecule has 2 fully saturated rings. The number of aryl methyl sites for hydroxylation is 1. The molecule has 3 rings (SSSR count). The number of β-amino-alcohol motifs (C(OH)–C–C–N with tert-alkyl or cyclic N) is 1. The van der Waals surface area contributed by atoms with E-state index in [1.165, 1.54) is 24.0 Å². The number of carbonyl (C=O) groups excluding carboxylic acids is 1. The Balaban J connectivity index is 1.64. The molecule has 2 aliphatic heterocycles. The Morgan fingerprint density at radius 3 is 2.65 bits per heavy atom. The zero-order chi connectivity index (χ0) is 16.2. The molecule has 3 unspecified atom stereocenters. The third-order valence-corrected chi connectivity index (χ3v) is 4.94. The molecule has 5 heteroatoms. The van der Waals surface area contributed by atoms with Crippen LogP contribution < -0.4 is 10.6 Å². The van der Waals surface area contributed by atoms with Crippen molar-refractivity contribution in [3.63, 3.8) is 0 Å². The molecular weight excluding hydrogens is 290 g/mol. The first-order valence-corrected chi connectivity index (χ1v) is 8.63. The van der Waals surface area contributed by atoms with Gasteiger partial charge in [-0.15, -0.1) is 0 Å². The summed E-state index contributed by atoms with van der Waals surface area (Å²) in [4.78, 5) is 14.8. The van der Waals surface area contributed by atoms with Gasteiger partial charge in [-0.1, -0.05) is 29.8 Å². The molecule has 0 aliphatic carbocycles. The first-order valence-electron chi connectivity index (χ1n) is 8.63. The van der Waals surface area contributed by atoms with Crippen LogP contribution in [0.2, 0.25) is 0 Å². The van der Waals surface area contributed by atoms with Crippen molar-refractivity contribution in [2.45, 2.75) is 44.4 Å². The van der Waals surface area contributed by atoms with Crippen LogP contribution in [-0.2, 0) is 4.79 Å². The van der Waals surface area contributed by atoms with E-state index in [4.69, 9.17) is 0 Å². The Labute approximate surface area is 138 Å². The van der Waals surface area contributed by atoms with Gasteiger partial charge in [0.25, 0.3) is 0 Å². The summed E-state index contributed by atoms with van der Waals surface area (Å²) in [5, 5.41) is 15.7. The topological polar surface area (TPSA) is 64.6 Å². The number of hydrogen-bond donors (Lipinski definition) is 3. The predicted molar refractivity (Wildman–Crippen MR) is 90.2 cm³/mol. The van der Waals surface area contributed by atoms with E-state index in [1.54, 1.807) is 0 Å². The number of nitrogens with one attached hydrogen (secondary N) is 2. The quantitative estimate of drug-likeness (QED) is 0.757. The number of likely N-dealkylation sites (tertiary alicyclic amines) is 1. The Hall–Kier alpha value is -1.43. The maximum Gasteiger partial charge on any atom is 0.237 e. The Bertz CT molecular complexity index is 526. The first kappa shape index (κ1) is 16.4. The lowest BCUT2D eigenvalue weighted by molar-refractivity contribution is -0.123. The van der Waals surface area contributed by atoms with Gasteiger partial charge in [-0.3, -0.25) is 9.69 Å². The molecule has 1 aromatic rings. The van der Waals surface area contributed by atoms with Gasteiger partial charge in [-0.25, -0.2) is 0 Å². The zero-order valence-corrected chi connectivity index (χ0v) is 13.8. The van der Waals surface area contributed by atoms with E-state index >= 15 is 0 Å². The minimum absolute atomic E-state index is 0.00198. The number of rotatable bonds is 5. The lowest BCUT2D eigenvalue weighted by atomic mass is 10.0. The van der Waals surface area contributed by atoms with Gasteiger partial charge in [0.05, 0.1) is 18.2 Å². The van der Waals surface area contributed by atoms with Crippen molar-refractivity contribution in [1.82, 2.24) is 15.5 Å². The van der Waals surface area contributed by atoms with Gasteiger partial charge in [0, 0.05) is 13.1 Å². The number of aliphatic hydroxyl groups is 1. The molecule has 23 heavy (non-hydrogen) atoms. The summed E-state index contributed by atoms with van der Waals surface area (Å²) in [7, 11) is 0. The molecule has 0 saturated carbocycles. The van der Waals surface area contributed by atoms with E-state index < -0.39 is 6.10 Å². The van der Waals surface area contributed by atoms with Crippen LogP contribution in [0.3, 0.4) is 0 Å².